The van der Waals surface area contributed by atoms with Crippen molar-refractivity contribution in [2.75, 3.05) is 13.2 Å². The van der Waals surface area contributed by atoms with Crippen molar-refractivity contribution in [2.45, 2.75) is 32.4 Å². The number of nitrogens with zero attached hydrogens (tertiary/aromatic N) is 2. The first-order valence-corrected chi connectivity index (χ1v) is 8.92. The minimum Gasteiger partial charge on any atom is -0.490 e. The fourth-order valence-corrected chi connectivity index (χ4v) is 3.11. The van der Waals surface area contributed by atoms with Crippen LogP contribution in [0.3, 0.4) is 0 Å². The highest BCUT2D eigenvalue weighted by Gasteiger charge is 2.34. The van der Waals surface area contributed by atoms with Crippen LogP contribution >= 0.6 is 0 Å². The van der Waals surface area contributed by atoms with Crippen molar-refractivity contribution in [3.05, 3.63) is 53.9 Å². The average Bonchev–Trinajstić information content (AvgIpc) is 3.17. The molecule has 27 heavy (non-hydrogen) atoms. The van der Waals surface area contributed by atoms with E-state index in [4.69, 9.17) is 9.47 Å². The summed E-state index contributed by atoms with van der Waals surface area (Å²) in [6.45, 7) is 3.04. The minimum absolute atomic E-state index is 0.306. The lowest BCUT2D eigenvalue weighted by Gasteiger charge is -2.22. The lowest BCUT2D eigenvalue weighted by molar-refractivity contribution is -0.141. The summed E-state index contributed by atoms with van der Waals surface area (Å²) in [5.41, 5.74) is 1.31. The van der Waals surface area contributed by atoms with E-state index in [0.717, 1.165) is 5.56 Å². The Morgan fingerprint density at radius 2 is 2.11 bits per heavy atom. The Hall–Kier alpha value is -3.09. The third-order valence-electron chi connectivity index (χ3n) is 4.41. The molecule has 1 aromatic carbocycles. The van der Waals surface area contributed by atoms with Gasteiger partial charge in [0.1, 0.15) is 12.6 Å². The highest BCUT2D eigenvalue weighted by molar-refractivity contribution is 5.97. The standard InChI is InChI=1S/C20H22N2O5/c1-2-26-18-11-15(19(23)22-10-4-6-16(22)20(24)25)7-8-17(18)27-13-14-5-3-9-21-12-14/h3,5,7-9,11-12,16H,2,4,6,10,13H2,1H3,(H,24,25)/t16-/m0/s1. The fourth-order valence-electron chi connectivity index (χ4n) is 3.11. The van der Waals surface area contributed by atoms with Crippen LogP contribution in [0.15, 0.2) is 42.7 Å². The molecule has 2 heterocycles. The first kappa shape index (κ1) is 18.7. The van der Waals surface area contributed by atoms with Gasteiger partial charge in [-0.05, 0) is 44.0 Å². The molecule has 0 unspecified atom stereocenters. The number of aromatic nitrogens is 1. The Morgan fingerprint density at radius 1 is 1.26 bits per heavy atom. The number of amides is 1. The summed E-state index contributed by atoms with van der Waals surface area (Å²) < 4.78 is 11.4. The number of carboxylic acids is 1. The molecule has 1 aromatic heterocycles. The molecule has 3 rings (SSSR count). The van der Waals surface area contributed by atoms with Crippen molar-refractivity contribution in [3.63, 3.8) is 0 Å². The Labute approximate surface area is 157 Å². The number of benzene rings is 1. The van der Waals surface area contributed by atoms with Crippen LogP contribution in [0.2, 0.25) is 0 Å². The van der Waals surface area contributed by atoms with Crippen LogP contribution in [0, 0.1) is 0 Å². The lowest BCUT2D eigenvalue weighted by Crippen LogP contribution is -2.40. The third kappa shape index (κ3) is 4.36. The molecule has 142 valence electrons. The van der Waals surface area contributed by atoms with Gasteiger partial charge in [0, 0.05) is 30.1 Å². The van der Waals surface area contributed by atoms with Crippen molar-refractivity contribution in [2.24, 2.45) is 0 Å². The first-order valence-electron chi connectivity index (χ1n) is 8.92. The molecule has 1 N–H and O–H groups in total. The zero-order valence-electron chi connectivity index (χ0n) is 15.1. The van der Waals surface area contributed by atoms with Crippen molar-refractivity contribution in [1.29, 1.82) is 0 Å². The monoisotopic (exact) mass is 370 g/mol. The van der Waals surface area contributed by atoms with Gasteiger partial charge >= 0.3 is 5.97 Å². The molecule has 1 atom stereocenters. The molecule has 0 bridgehead atoms. The maximum atomic E-state index is 12.8. The molecule has 0 aliphatic carbocycles. The van der Waals surface area contributed by atoms with E-state index in [2.05, 4.69) is 4.98 Å². The molecule has 1 saturated heterocycles. The predicted octanol–water partition coefficient (Wildman–Crippen LogP) is 2.75. The maximum Gasteiger partial charge on any atom is 0.326 e. The zero-order chi connectivity index (χ0) is 19.2. The van der Waals surface area contributed by atoms with E-state index in [-0.39, 0.29) is 5.91 Å². The van der Waals surface area contributed by atoms with Crippen LogP contribution in [0.5, 0.6) is 11.5 Å². The van der Waals surface area contributed by atoms with Gasteiger partial charge in [-0.1, -0.05) is 6.07 Å². The Balaban J connectivity index is 1.78. The topological polar surface area (TPSA) is 89.0 Å². The number of likely N-dealkylation sites (tertiary alicyclic amines) is 1. The number of ether oxygens (including phenoxy) is 2. The van der Waals surface area contributed by atoms with Gasteiger partial charge < -0.3 is 19.5 Å². The summed E-state index contributed by atoms with van der Waals surface area (Å²) in [5, 5.41) is 9.30. The largest absolute Gasteiger partial charge is 0.490 e. The normalized spacial score (nSPS) is 16.2. The number of carboxylic acid groups (broad SMARTS) is 1. The van der Waals surface area contributed by atoms with Gasteiger partial charge in [-0.3, -0.25) is 9.78 Å². The summed E-state index contributed by atoms with van der Waals surface area (Å²) in [4.78, 5) is 29.6. The zero-order valence-corrected chi connectivity index (χ0v) is 15.1. The van der Waals surface area contributed by atoms with Gasteiger partial charge in [-0.15, -0.1) is 0 Å². The fraction of sp³-hybridized carbons (Fsp3) is 0.350. The Kier molecular flexibility index (Phi) is 5.90. The SMILES string of the molecule is CCOc1cc(C(=O)N2CCC[C@H]2C(=O)O)ccc1OCc1cccnc1. The van der Waals surface area contributed by atoms with Crippen LogP contribution in [0.1, 0.15) is 35.7 Å². The van der Waals surface area contributed by atoms with E-state index < -0.39 is 12.0 Å². The van der Waals surface area contributed by atoms with Crippen molar-refractivity contribution < 1.29 is 24.2 Å². The van der Waals surface area contributed by atoms with Crippen LogP contribution < -0.4 is 9.47 Å². The summed E-state index contributed by atoms with van der Waals surface area (Å²) in [5.74, 6) is -0.297. The van der Waals surface area contributed by atoms with E-state index in [9.17, 15) is 14.7 Å². The van der Waals surface area contributed by atoms with E-state index in [1.54, 1.807) is 30.6 Å². The lowest BCUT2D eigenvalue weighted by atomic mass is 10.1. The third-order valence-corrected chi connectivity index (χ3v) is 4.41. The van der Waals surface area contributed by atoms with Gasteiger partial charge in [-0.2, -0.15) is 0 Å². The van der Waals surface area contributed by atoms with Crippen LogP contribution in [0.4, 0.5) is 0 Å². The van der Waals surface area contributed by atoms with Crippen molar-refractivity contribution in [1.82, 2.24) is 9.88 Å². The number of carbonyl (C=O) groups excluding carboxylic acids is 1. The highest BCUT2D eigenvalue weighted by Crippen LogP contribution is 2.31. The van der Waals surface area contributed by atoms with E-state index >= 15 is 0 Å². The van der Waals surface area contributed by atoms with Crippen LogP contribution in [-0.4, -0.2) is 46.1 Å². The molecule has 2 aromatic rings. The molecular formula is C20H22N2O5. The molecule has 1 amide bonds. The molecule has 1 aliphatic rings. The summed E-state index contributed by atoms with van der Waals surface area (Å²) in [6, 6.07) is 7.90. The molecule has 1 fully saturated rings. The number of hydrogen-bond donors (Lipinski definition) is 1. The first-order chi connectivity index (χ1) is 13.1. The predicted molar refractivity (Wildman–Crippen MR) is 97.9 cm³/mol. The summed E-state index contributed by atoms with van der Waals surface area (Å²) >= 11 is 0. The second kappa shape index (κ2) is 8.53. The molecule has 0 saturated carbocycles. The van der Waals surface area contributed by atoms with E-state index in [1.165, 1.54) is 4.90 Å². The molecule has 0 radical (unpaired) electrons. The van der Waals surface area contributed by atoms with Gasteiger partial charge in [-0.25, -0.2) is 4.79 Å². The Bertz CT molecular complexity index is 809. The summed E-state index contributed by atoms with van der Waals surface area (Å²) in [6.07, 6.45) is 4.58. The van der Waals surface area contributed by atoms with Gasteiger partial charge in [0.05, 0.1) is 6.61 Å². The van der Waals surface area contributed by atoms with E-state index in [1.807, 2.05) is 19.1 Å². The number of rotatable bonds is 7. The van der Waals surface area contributed by atoms with Crippen LogP contribution in [-0.2, 0) is 11.4 Å². The molecular weight excluding hydrogens is 348 g/mol. The van der Waals surface area contributed by atoms with Crippen molar-refractivity contribution >= 4 is 11.9 Å². The molecule has 7 heteroatoms. The second-order valence-electron chi connectivity index (χ2n) is 6.24. The highest BCUT2D eigenvalue weighted by atomic mass is 16.5. The maximum absolute atomic E-state index is 12.8. The van der Waals surface area contributed by atoms with Gasteiger partial charge in [0.15, 0.2) is 11.5 Å². The Morgan fingerprint density at radius 3 is 2.81 bits per heavy atom. The van der Waals surface area contributed by atoms with Gasteiger partial charge in [0.2, 0.25) is 0 Å². The number of aliphatic carboxylic acids is 1. The van der Waals surface area contributed by atoms with E-state index in [0.29, 0.717) is 49.7 Å². The van der Waals surface area contributed by atoms with Gasteiger partial charge in [0.25, 0.3) is 5.91 Å². The number of pyridine rings is 1. The molecule has 0 spiro atoms. The number of carbonyl (C=O) groups is 2. The average molecular weight is 370 g/mol. The van der Waals surface area contributed by atoms with Crippen molar-refractivity contribution in [3.8, 4) is 11.5 Å². The quantitative estimate of drug-likeness (QED) is 0.806. The summed E-state index contributed by atoms with van der Waals surface area (Å²) in [7, 11) is 0. The molecule has 7 nitrogen and oxygen atoms in total. The smallest absolute Gasteiger partial charge is 0.326 e. The van der Waals surface area contributed by atoms with Crippen LogP contribution in [0.25, 0.3) is 0 Å². The minimum atomic E-state index is -0.970. The molecule has 1 aliphatic heterocycles. The number of hydrogen-bond acceptors (Lipinski definition) is 5. The second-order valence-corrected chi connectivity index (χ2v) is 6.24.